The van der Waals surface area contributed by atoms with Crippen molar-refractivity contribution in [1.82, 2.24) is 4.90 Å². The van der Waals surface area contributed by atoms with Crippen molar-refractivity contribution in [3.8, 4) is 5.75 Å². The number of nitrogens with zero attached hydrogens (tertiary/aromatic N) is 1. The lowest BCUT2D eigenvalue weighted by molar-refractivity contribution is -0.177. The summed E-state index contributed by atoms with van der Waals surface area (Å²) in [5, 5.41) is 21.4. The number of carboxylic acids is 1. The van der Waals surface area contributed by atoms with Crippen molar-refractivity contribution in [1.29, 1.82) is 0 Å². The van der Waals surface area contributed by atoms with Crippen molar-refractivity contribution in [3.63, 3.8) is 0 Å². The minimum absolute atomic E-state index is 0.0371. The van der Waals surface area contributed by atoms with E-state index in [1.807, 2.05) is 13.1 Å². The molecule has 2 N–H and O–H groups in total. The largest absolute Gasteiger partial charge is 0.481 e. The Balaban J connectivity index is 1.53. The van der Waals surface area contributed by atoms with Gasteiger partial charge in [-0.1, -0.05) is 13.0 Å². The first kappa shape index (κ1) is 24.5. The number of aldehydes is 1. The molecule has 0 saturated carbocycles. The van der Waals surface area contributed by atoms with Crippen LogP contribution in [0.2, 0.25) is 0 Å². The van der Waals surface area contributed by atoms with Crippen LogP contribution in [-0.4, -0.2) is 76.8 Å². The standard InChI is InChI=1S/C26H29NO9/c1-3-4-20(31)34-17(12-19(29)30)24(32)35-16-7-8-26(33)18-11-14-5-6-15(13-28)22-21(14)25(26,23(16)36-22)9-10-27(18)2/h5-7,13,17-18,23,33H,3-4,8-12H2,1-2H3,(H,29,30)/t17-,18+,23-,25-,26+/m0/s1. The number of aliphatic hydroxyl groups is 1. The Labute approximate surface area is 207 Å². The van der Waals surface area contributed by atoms with Crippen molar-refractivity contribution in [2.45, 2.75) is 74.7 Å². The quantitative estimate of drug-likeness (QED) is 0.399. The fourth-order valence-electron chi connectivity index (χ4n) is 6.50. The summed E-state index contributed by atoms with van der Waals surface area (Å²) in [7, 11) is 1.96. The van der Waals surface area contributed by atoms with E-state index in [4.69, 9.17) is 14.2 Å². The first-order valence-corrected chi connectivity index (χ1v) is 12.2. The van der Waals surface area contributed by atoms with Gasteiger partial charge in [0.2, 0.25) is 6.10 Å². The molecule has 192 valence electrons. The van der Waals surface area contributed by atoms with Crippen LogP contribution in [0.3, 0.4) is 0 Å². The zero-order valence-corrected chi connectivity index (χ0v) is 20.2. The van der Waals surface area contributed by atoms with Gasteiger partial charge in [0, 0.05) is 24.4 Å². The topological polar surface area (TPSA) is 140 Å². The van der Waals surface area contributed by atoms with Crippen molar-refractivity contribution >= 4 is 24.2 Å². The molecule has 5 rings (SSSR count). The number of hydrogen-bond donors (Lipinski definition) is 2. The van der Waals surface area contributed by atoms with Crippen LogP contribution >= 0.6 is 0 Å². The Kier molecular flexibility index (Phi) is 5.91. The summed E-state index contributed by atoms with van der Waals surface area (Å²) in [6.45, 7) is 2.42. The summed E-state index contributed by atoms with van der Waals surface area (Å²) >= 11 is 0. The normalized spacial score (nSPS) is 30.4. The summed E-state index contributed by atoms with van der Waals surface area (Å²) in [4.78, 5) is 50.4. The van der Waals surface area contributed by atoms with E-state index in [9.17, 15) is 29.4 Å². The molecule has 5 atom stereocenters. The molecule has 4 aliphatic rings. The van der Waals surface area contributed by atoms with Crippen LogP contribution < -0.4 is 4.74 Å². The molecule has 0 unspecified atom stereocenters. The molecule has 1 saturated heterocycles. The minimum atomic E-state index is -1.62. The highest BCUT2D eigenvalue weighted by molar-refractivity contribution is 5.85. The van der Waals surface area contributed by atoms with Crippen LogP contribution in [0.5, 0.6) is 5.75 Å². The Morgan fingerprint density at radius 1 is 1.33 bits per heavy atom. The van der Waals surface area contributed by atoms with Crippen molar-refractivity contribution < 1.29 is 43.6 Å². The molecular weight excluding hydrogens is 470 g/mol. The Bertz CT molecular complexity index is 1180. The van der Waals surface area contributed by atoms with Crippen LogP contribution in [0, 0.1) is 0 Å². The minimum Gasteiger partial charge on any atom is -0.481 e. The highest BCUT2D eigenvalue weighted by atomic mass is 16.6. The molecule has 2 aliphatic carbocycles. The molecule has 2 heterocycles. The highest BCUT2D eigenvalue weighted by Crippen LogP contribution is 2.64. The van der Waals surface area contributed by atoms with Gasteiger partial charge in [-0.15, -0.1) is 0 Å². The van der Waals surface area contributed by atoms with Gasteiger partial charge in [-0.05, 0) is 50.6 Å². The number of likely N-dealkylation sites (tertiary alicyclic amines) is 1. The second-order valence-electron chi connectivity index (χ2n) is 10.0. The third-order valence-electron chi connectivity index (χ3n) is 8.10. The molecule has 1 aromatic carbocycles. The van der Waals surface area contributed by atoms with E-state index in [-0.39, 0.29) is 24.6 Å². The molecule has 0 aromatic heterocycles. The second kappa shape index (κ2) is 8.70. The first-order valence-electron chi connectivity index (χ1n) is 12.2. The lowest BCUT2D eigenvalue weighted by Gasteiger charge is -2.61. The van der Waals surface area contributed by atoms with E-state index < -0.39 is 47.6 Å². The third kappa shape index (κ3) is 3.38. The van der Waals surface area contributed by atoms with Crippen molar-refractivity contribution in [3.05, 3.63) is 40.7 Å². The predicted octanol–water partition coefficient (Wildman–Crippen LogP) is 1.51. The monoisotopic (exact) mass is 499 g/mol. The Morgan fingerprint density at radius 3 is 2.81 bits per heavy atom. The fourth-order valence-corrected chi connectivity index (χ4v) is 6.50. The van der Waals surface area contributed by atoms with E-state index in [1.54, 1.807) is 19.1 Å². The molecule has 10 nitrogen and oxygen atoms in total. The molecule has 1 aromatic rings. The highest BCUT2D eigenvalue weighted by Gasteiger charge is 2.72. The molecule has 36 heavy (non-hydrogen) atoms. The zero-order valence-electron chi connectivity index (χ0n) is 20.2. The van der Waals surface area contributed by atoms with Crippen molar-refractivity contribution in [2.75, 3.05) is 13.6 Å². The van der Waals surface area contributed by atoms with Crippen LogP contribution in [0.4, 0.5) is 0 Å². The van der Waals surface area contributed by atoms with Crippen LogP contribution in [0.1, 0.15) is 60.5 Å². The second-order valence-corrected chi connectivity index (χ2v) is 10.0. The van der Waals surface area contributed by atoms with Gasteiger partial charge in [0.25, 0.3) is 0 Å². The van der Waals surface area contributed by atoms with E-state index in [1.165, 1.54) is 0 Å². The van der Waals surface area contributed by atoms with E-state index in [0.29, 0.717) is 43.4 Å². The molecule has 0 radical (unpaired) electrons. The summed E-state index contributed by atoms with van der Waals surface area (Å²) < 4.78 is 17.1. The van der Waals surface area contributed by atoms with Crippen LogP contribution in [-0.2, 0) is 35.7 Å². The fraction of sp³-hybridized carbons (Fsp3) is 0.538. The number of carbonyl (C=O) groups excluding carboxylic acids is 3. The summed E-state index contributed by atoms with van der Waals surface area (Å²) in [5.41, 5.74) is -0.0714. The average Bonchev–Trinajstić information content (AvgIpc) is 3.18. The van der Waals surface area contributed by atoms with Crippen LogP contribution in [0.15, 0.2) is 24.0 Å². The number of ether oxygens (including phenoxy) is 3. The maximum Gasteiger partial charge on any atom is 0.353 e. The molecule has 0 amide bonds. The van der Waals surface area contributed by atoms with Crippen LogP contribution in [0.25, 0.3) is 0 Å². The lowest BCUT2D eigenvalue weighted by Crippen LogP contribution is -2.74. The number of likely N-dealkylation sites (N-methyl/N-ethyl adjacent to an activating group) is 1. The number of benzene rings is 1. The number of rotatable bonds is 8. The summed E-state index contributed by atoms with van der Waals surface area (Å²) in [6, 6.07) is 3.38. The van der Waals surface area contributed by atoms with Gasteiger partial charge in [0.15, 0.2) is 12.4 Å². The molecule has 1 spiro atoms. The first-order chi connectivity index (χ1) is 17.2. The van der Waals surface area contributed by atoms with Gasteiger partial charge < -0.3 is 29.3 Å². The van der Waals surface area contributed by atoms with Gasteiger partial charge in [0.1, 0.15) is 11.5 Å². The summed E-state index contributed by atoms with van der Waals surface area (Å²) in [6.07, 6.45) is 0.811. The van der Waals surface area contributed by atoms with Crippen molar-refractivity contribution in [2.24, 2.45) is 0 Å². The number of esters is 2. The maximum absolute atomic E-state index is 13.1. The Morgan fingerprint density at radius 2 is 2.11 bits per heavy atom. The van der Waals surface area contributed by atoms with E-state index >= 15 is 0 Å². The number of piperidine rings is 1. The number of aliphatic carboxylic acids is 1. The molecule has 10 heteroatoms. The summed E-state index contributed by atoms with van der Waals surface area (Å²) in [5.74, 6) is -2.53. The zero-order chi connectivity index (χ0) is 25.8. The van der Waals surface area contributed by atoms with Gasteiger partial charge in [-0.25, -0.2) is 4.79 Å². The maximum atomic E-state index is 13.1. The van der Waals surface area contributed by atoms with Gasteiger partial charge in [-0.3, -0.25) is 14.4 Å². The molecule has 1 fully saturated rings. The number of carboxylic acid groups (broad SMARTS) is 1. The predicted molar refractivity (Wildman–Crippen MR) is 123 cm³/mol. The third-order valence-corrected chi connectivity index (χ3v) is 8.10. The molecule has 2 bridgehead atoms. The van der Waals surface area contributed by atoms with Gasteiger partial charge in [-0.2, -0.15) is 0 Å². The molecular formula is C26H29NO9. The number of hydrogen-bond acceptors (Lipinski definition) is 9. The SMILES string of the molecule is CCCC(=O)O[C@@H](CC(=O)O)C(=O)OC1=CC[C@@]2(O)[C@H]3Cc4ccc(C=O)c5c4[C@@]2(CCN3C)[C@H]1O5. The van der Waals surface area contributed by atoms with E-state index in [0.717, 1.165) is 11.1 Å². The van der Waals surface area contributed by atoms with E-state index in [2.05, 4.69) is 4.90 Å². The smallest absolute Gasteiger partial charge is 0.353 e. The van der Waals surface area contributed by atoms with Gasteiger partial charge >= 0.3 is 17.9 Å². The Hall–Kier alpha value is -3.24. The lowest BCUT2D eigenvalue weighted by atomic mass is 9.50. The van der Waals surface area contributed by atoms with Gasteiger partial charge in [0.05, 0.1) is 23.0 Å². The average molecular weight is 500 g/mol. The molecule has 2 aliphatic heterocycles. The number of carbonyl (C=O) groups is 4.